The van der Waals surface area contributed by atoms with E-state index in [1.165, 1.54) is 16.7 Å². The average Bonchev–Trinajstić information content (AvgIpc) is 3.10. The zero-order chi connectivity index (χ0) is 17.9. The summed E-state index contributed by atoms with van der Waals surface area (Å²) < 4.78 is 0. The van der Waals surface area contributed by atoms with Crippen molar-refractivity contribution in [3.8, 4) is 11.1 Å². The Bertz CT molecular complexity index is 949. The van der Waals surface area contributed by atoms with Crippen molar-refractivity contribution in [2.45, 2.75) is 19.6 Å². The molecule has 1 unspecified atom stereocenters. The number of nitrogens with one attached hydrogen (secondary N) is 1. The Labute approximate surface area is 156 Å². The molecule has 1 aromatic heterocycles. The molecule has 0 saturated carbocycles. The van der Waals surface area contributed by atoms with Crippen molar-refractivity contribution in [2.24, 2.45) is 0 Å². The maximum atomic E-state index is 11.8. The summed E-state index contributed by atoms with van der Waals surface area (Å²) in [7, 11) is 0. The topological polar surface area (TPSA) is 45.2 Å². The van der Waals surface area contributed by atoms with Gasteiger partial charge in [0, 0.05) is 24.2 Å². The molecule has 26 heavy (non-hydrogen) atoms. The van der Waals surface area contributed by atoms with E-state index in [0.29, 0.717) is 6.54 Å². The molecule has 130 valence electrons. The van der Waals surface area contributed by atoms with E-state index in [0.717, 1.165) is 10.7 Å². The van der Waals surface area contributed by atoms with Crippen LogP contribution < -0.4 is 5.32 Å². The number of carbonyl (C=O) groups is 1. The first-order valence-corrected chi connectivity index (χ1v) is 9.38. The third kappa shape index (κ3) is 3.53. The normalized spacial score (nSPS) is 16.6. The largest absolute Gasteiger partial charge is 0.348 e. The van der Waals surface area contributed by atoms with Crippen molar-refractivity contribution < 1.29 is 4.79 Å². The van der Waals surface area contributed by atoms with Gasteiger partial charge in [0.15, 0.2) is 0 Å². The maximum Gasteiger partial charge on any atom is 0.247 e. The molecular weight excluding hydrogens is 342 g/mol. The van der Waals surface area contributed by atoms with Crippen LogP contribution in [0.3, 0.4) is 0 Å². The predicted molar refractivity (Wildman–Crippen MR) is 104 cm³/mol. The number of thiazole rings is 1. The average molecular weight is 361 g/mol. The van der Waals surface area contributed by atoms with E-state index in [4.69, 9.17) is 0 Å². The van der Waals surface area contributed by atoms with Gasteiger partial charge >= 0.3 is 0 Å². The number of aryl methyl sites for hydroxylation is 1. The Kier molecular flexibility index (Phi) is 4.54. The molecule has 1 amide bonds. The van der Waals surface area contributed by atoms with Gasteiger partial charge in [-0.05, 0) is 29.7 Å². The van der Waals surface area contributed by atoms with Crippen molar-refractivity contribution in [1.29, 1.82) is 0 Å². The van der Waals surface area contributed by atoms with E-state index in [2.05, 4.69) is 51.6 Å². The number of aromatic nitrogens is 1. The molecule has 4 rings (SSSR count). The summed E-state index contributed by atoms with van der Waals surface area (Å²) in [4.78, 5) is 18.5. The van der Waals surface area contributed by atoms with Gasteiger partial charge in [-0.1, -0.05) is 48.5 Å². The summed E-state index contributed by atoms with van der Waals surface area (Å²) in [6, 6.07) is 18.8. The van der Waals surface area contributed by atoms with Gasteiger partial charge in [-0.15, -0.1) is 11.3 Å². The zero-order valence-corrected chi connectivity index (χ0v) is 15.2. The fourth-order valence-electron chi connectivity index (χ4n) is 3.10. The van der Waals surface area contributed by atoms with Gasteiger partial charge in [-0.25, -0.2) is 4.98 Å². The van der Waals surface area contributed by atoms with E-state index >= 15 is 0 Å². The van der Waals surface area contributed by atoms with E-state index < -0.39 is 0 Å². The first-order valence-electron chi connectivity index (χ1n) is 8.50. The minimum absolute atomic E-state index is 0.0880. The summed E-state index contributed by atoms with van der Waals surface area (Å²) in [6.07, 6.45) is 3.18. The van der Waals surface area contributed by atoms with Gasteiger partial charge in [0.25, 0.3) is 0 Å². The van der Waals surface area contributed by atoms with E-state index in [9.17, 15) is 4.79 Å². The summed E-state index contributed by atoms with van der Waals surface area (Å²) >= 11 is 1.59. The summed E-state index contributed by atoms with van der Waals surface area (Å²) in [5.74, 6) is -0.0880. The third-order valence-corrected chi connectivity index (χ3v) is 5.14. The molecule has 0 fully saturated rings. The monoisotopic (exact) mass is 361 g/mol. The Morgan fingerprint density at radius 1 is 1.12 bits per heavy atom. The highest BCUT2D eigenvalue weighted by Gasteiger charge is 2.25. The molecular formula is C21H19N3OS. The highest BCUT2D eigenvalue weighted by atomic mass is 32.1. The highest BCUT2D eigenvalue weighted by molar-refractivity contribution is 7.09. The van der Waals surface area contributed by atoms with Crippen LogP contribution in [-0.2, 0) is 11.3 Å². The lowest BCUT2D eigenvalue weighted by Gasteiger charge is -2.32. The summed E-state index contributed by atoms with van der Waals surface area (Å²) in [5, 5.41) is 6.01. The fourth-order valence-corrected chi connectivity index (χ4v) is 3.73. The van der Waals surface area contributed by atoms with Gasteiger partial charge in [-0.3, -0.25) is 4.79 Å². The lowest BCUT2D eigenvalue weighted by atomic mass is 10.0. The third-order valence-electron chi connectivity index (χ3n) is 4.34. The van der Waals surface area contributed by atoms with Gasteiger partial charge in [0.05, 0.1) is 10.7 Å². The second kappa shape index (κ2) is 7.14. The minimum Gasteiger partial charge on any atom is -0.348 e. The zero-order valence-electron chi connectivity index (χ0n) is 14.4. The lowest BCUT2D eigenvalue weighted by Crippen LogP contribution is -2.41. The van der Waals surface area contributed by atoms with Crippen LogP contribution in [-0.4, -0.2) is 15.8 Å². The SMILES string of the molecule is Cc1nc(C2NC(=O)C=CN2Cc2cccc(-c3ccccc3)c2)cs1. The van der Waals surface area contributed by atoms with Crippen LogP contribution in [0, 0.1) is 6.92 Å². The summed E-state index contributed by atoms with van der Waals surface area (Å²) in [6.45, 7) is 2.67. The molecule has 2 aromatic carbocycles. The van der Waals surface area contributed by atoms with Crippen molar-refractivity contribution in [3.63, 3.8) is 0 Å². The molecule has 0 bridgehead atoms. The minimum atomic E-state index is -0.238. The standard InChI is InChI=1S/C21H19N3OS/c1-15-22-19(14-26-15)21-23-20(25)10-11-24(21)13-16-6-5-9-18(12-16)17-7-3-2-4-8-17/h2-12,14,21H,13H2,1H3,(H,23,25). The van der Waals surface area contributed by atoms with Crippen molar-refractivity contribution in [1.82, 2.24) is 15.2 Å². The molecule has 1 N–H and O–H groups in total. The first kappa shape index (κ1) is 16.5. The van der Waals surface area contributed by atoms with Crippen molar-refractivity contribution >= 4 is 17.2 Å². The van der Waals surface area contributed by atoms with Gasteiger partial charge < -0.3 is 10.2 Å². The Balaban J connectivity index is 1.61. The van der Waals surface area contributed by atoms with Crippen molar-refractivity contribution in [2.75, 3.05) is 0 Å². The molecule has 0 aliphatic carbocycles. The molecule has 1 aliphatic heterocycles. The number of hydrogen-bond acceptors (Lipinski definition) is 4. The van der Waals surface area contributed by atoms with Gasteiger partial charge in [-0.2, -0.15) is 0 Å². The number of hydrogen-bond donors (Lipinski definition) is 1. The Morgan fingerprint density at radius 2 is 1.92 bits per heavy atom. The maximum absolute atomic E-state index is 11.8. The van der Waals surface area contributed by atoms with E-state index in [1.54, 1.807) is 17.4 Å². The number of carbonyl (C=O) groups excluding carboxylic acids is 1. The van der Waals surface area contributed by atoms with E-state index in [1.807, 2.05) is 36.7 Å². The van der Waals surface area contributed by atoms with E-state index in [-0.39, 0.29) is 12.1 Å². The lowest BCUT2D eigenvalue weighted by molar-refractivity contribution is -0.119. The molecule has 2 heterocycles. The molecule has 0 saturated heterocycles. The van der Waals surface area contributed by atoms with Gasteiger partial charge in [0.2, 0.25) is 5.91 Å². The van der Waals surface area contributed by atoms with Crippen LogP contribution in [0.15, 0.2) is 72.3 Å². The highest BCUT2D eigenvalue weighted by Crippen LogP contribution is 2.26. The van der Waals surface area contributed by atoms with Gasteiger partial charge in [0.1, 0.15) is 6.17 Å². The molecule has 1 atom stereocenters. The summed E-state index contributed by atoms with van der Waals surface area (Å²) in [5.41, 5.74) is 4.45. The molecule has 4 nitrogen and oxygen atoms in total. The van der Waals surface area contributed by atoms with Crippen LogP contribution in [0.25, 0.3) is 11.1 Å². The smallest absolute Gasteiger partial charge is 0.247 e. The van der Waals surface area contributed by atoms with Crippen LogP contribution in [0.4, 0.5) is 0 Å². The van der Waals surface area contributed by atoms with Crippen LogP contribution >= 0.6 is 11.3 Å². The Morgan fingerprint density at radius 3 is 2.69 bits per heavy atom. The molecule has 5 heteroatoms. The van der Waals surface area contributed by atoms with Crippen LogP contribution in [0.1, 0.15) is 22.4 Å². The Hall–Kier alpha value is -2.92. The second-order valence-corrected chi connectivity index (χ2v) is 7.32. The molecule has 0 spiro atoms. The number of nitrogens with zero attached hydrogens (tertiary/aromatic N) is 2. The second-order valence-electron chi connectivity index (χ2n) is 6.26. The van der Waals surface area contributed by atoms with Crippen LogP contribution in [0.2, 0.25) is 0 Å². The molecule has 3 aromatic rings. The number of benzene rings is 2. The van der Waals surface area contributed by atoms with Crippen molar-refractivity contribution in [3.05, 3.63) is 88.5 Å². The quantitative estimate of drug-likeness (QED) is 0.755. The number of rotatable bonds is 4. The first-order chi connectivity index (χ1) is 12.7. The van der Waals surface area contributed by atoms with Crippen LogP contribution in [0.5, 0.6) is 0 Å². The predicted octanol–water partition coefficient (Wildman–Crippen LogP) is 4.26. The molecule has 0 radical (unpaired) electrons. The molecule has 1 aliphatic rings. The fraction of sp³-hybridized carbons (Fsp3) is 0.143. The number of amides is 1.